The number of amides is 1. The number of carbonyl (C=O) groups is 1. The molecule has 16 heavy (non-hydrogen) atoms. The summed E-state index contributed by atoms with van der Waals surface area (Å²) >= 11 is 0. The number of nitrogens with one attached hydrogen (secondary N) is 1. The fourth-order valence-electron chi connectivity index (χ4n) is 2.25. The Bertz CT molecular complexity index is 230. The molecule has 0 aromatic heterocycles. The molecule has 1 fully saturated rings. The summed E-state index contributed by atoms with van der Waals surface area (Å²) in [5, 5.41) is 3.58. The van der Waals surface area contributed by atoms with Crippen LogP contribution >= 0.6 is 0 Å². The fraction of sp³-hybridized carbons (Fsp3) is 0.923. The van der Waals surface area contributed by atoms with Crippen LogP contribution in [0.1, 0.15) is 47.0 Å². The summed E-state index contributed by atoms with van der Waals surface area (Å²) < 4.78 is 0. The van der Waals surface area contributed by atoms with Crippen LogP contribution in [0.3, 0.4) is 0 Å². The molecule has 3 unspecified atom stereocenters. The van der Waals surface area contributed by atoms with Gasteiger partial charge < -0.3 is 10.2 Å². The van der Waals surface area contributed by atoms with Crippen molar-refractivity contribution in [2.75, 3.05) is 13.1 Å². The largest absolute Gasteiger partial charge is 0.341 e. The molecule has 3 nitrogen and oxygen atoms in total. The first-order valence-electron chi connectivity index (χ1n) is 6.58. The molecule has 3 heteroatoms. The van der Waals surface area contributed by atoms with Crippen LogP contribution in [-0.2, 0) is 4.79 Å². The van der Waals surface area contributed by atoms with E-state index in [1.165, 1.54) is 6.42 Å². The molecule has 1 saturated heterocycles. The van der Waals surface area contributed by atoms with E-state index in [1.807, 2.05) is 4.90 Å². The first kappa shape index (κ1) is 13.5. The van der Waals surface area contributed by atoms with Crippen molar-refractivity contribution < 1.29 is 4.79 Å². The van der Waals surface area contributed by atoms with Crippen molar-refractivity contribution in [2.24, 2.45) is 5.92 Å². The zero-order valence-electron chi connectivity index (χ0n) is 11.1. The van der Waals surface area contributed by atoms with Crippen LogP contribution in [0.4, 0.5) is 0 Å². The minimum absolute atomic E-state index is 0.324. The molecule has 0 aliphatic carbocycles. The summed E-state index contributed by atoms with van der Waals surface area (Å²) in [6.45, 7) is 10.7. The fourth-order valence-corrected chi connectivity index (χ4v) is 2.25. The summed E-state index contributed by atoms with van der Waals surface area (Å²) in [4.78, 5) is 13.5. The highest BCUT2D eigenvalue weighted by Crippen LogP contribution is 2.11. The predicted molar refractivity (Wildman–Crippen MR) is 67.3 cm³/mol. The summed E-state index contributed by atoms with van der Waals surface area (Å²) in [6, 6.07) is 0.920. The van der Waals surface area contributed by atoms with Crippen LogP contribution in [0, 0.1) is 5.92 Å². The van der Waals surface area contributed by atoms with Crippen LogP contribution in [0.2, 0.25) is 0 Å². The predicted octanol–water partition coefficient (Wildman–Crippen LogP) is 2.02. The first-order valence-corrected chi connectivity index (χ1v) is 6.58. The SMILES string of the molecule is CCC(C)C(C)NC(C)CN1CCCC1=O. The van der Waals surface area contributed by atoms with E-state index in [9.17, 15) is 4.79 Å². The van der Waals surface area contributed by atoms with Gasteiger partial charge in [0.1, 0.15) is 0 Å². The maximum absolute atomic E-state index is 11.5. The number of rotatable bonds is 6. The average molecular weight is 226 g/mol. The third-order valence-electron chi connectivity index (χ3n) is 3.71. The van der Waals surface area contributed by atoms with E-state index in [0.717, 1.165) is 25.9 Å². The molecule has 1 rings (SSSR count). The summed E-state index contributed by atoms with van der Waals surface area (Å²) in [7, 11) is 0. The van der Waals surface area contributed by atoms with Crippen LogP contribution in [0.25, 0.3) is 0 Å². The Balaban J connectivity index is 2.29. The van der Waals surface area contributed by atoms with Crippen LogP contribution in [-0.4, -0.2) is 36.0 Å². The van der Waals surface area contributed by atoms with Gasteiger partial charge in [0.15, 0.2) is 0 Å². The van der Waals surface area contributed by atoms with Gasteiger partial charge in [-0.1, -0.05) is 20.3 Å². The van der Waals surface area contributed by atoms with E-state index in [2.05, 4.69) is 33.0 Å². The number of hydrogen-bond acceptors (Lipinski definition) is 2. The number of nitrogens with zero attached hydrogens (tertiary/aromatic N) is 1. The lowest BCUT2D eigenvalue weighted by molar-refractivity contribution is -0.128. The third kappa shape index (κ3) is 3.78. The van der Waals surface area contributed by atoms with Gasteiger partial charge in [0.25, 0.3) is 0 Å². The molecule has 0 aromatic carbocycles. The topological polar surface area (TPSA) is 32.3 Å². The molecule has 1 amide bonds. The van der Waals surface area contributed by atoms with Crippen LogP contribution in [0.5, 0.6) is 0 Å². The Morgan fingerprint density at radius 2 is 2.06 bits per heavy atom. The van der Waals surface area contributed by atoms with Crippen molar-refractivity contribution in [2.45, 2.75) is 59.0 Å². The lowest BCUT2D eigenvalue weighted by Crippen LogP contribution is -2.45. The Morgan fingerprint density at radius 1 is 1.38 bits per heavy atom. The molecular formula is C13H26N2O. The van der Waals surface area contributed by atoms with Gasteiger partial charge in [-0.25, -0.2) is 0 Å². The number of carbonyl (C=O) groups excluding carboxylic acids is 1. The standard InChI is InChI=1S/C13H26N2O/c1-5-10(2)12(4)14-11(3)9-15-8-6-7-13(15)16/h10-12,14H,5-9H2,1-4H3. The molecule has 1 N–H and O–H groups in total. The molecule has 0 radical (unpaired) electrons. The maximum atomic E-state index is 11.5. The van der Waals surface area contributed by atoms with Crippen LogP contribution in [0.15, 0.2) is 0 Å². The van der Waals surface area contributed by atoms with E-state index in [1.54, 1.807) is 0 Å². The van der Waals surface area contributed by atoms with E-state index in [4.69, 9.17) is 0 Å². The maximum Gasteiger partial charge on any atom is 0.222 e. The van der Waals surface area contributed by atoms with Crippen molar-refractivity contribution in [3.8, 4) is 0 Å². The highest BCUT2D eigenvalue weighted by atomic mass is 16.2. The van der Waals surface area contributed by atoms with Crippen molar-refractivity contribution in [1.82, 2.24) is 10.2 Å². The second-order valence-electron chi connectivity index (χ2n) is 5.19. The van der Waals surface area contributed by atoms with Crippen molar-refractivity contribution in [3.05, 3.63) is 0 Å². The van der Waals surface area contributed by atoms with Crippen molar-refractivity contribution >= 4 is 5.91 Å². The van der Waals surface area contributed by atoms with Gasteiger partial charge in [0, 0.05) is 31.6 Å². The lowest BCUT2D eigenvalue weighted by Gasteiger charge is -2.27. The smallest absolute Gasteiger partial charge is 0.222 e. The van der Waals surface area contributed by atoms with Gasteiger partial charge in [-0.15, -0.1) is 0 Å². The van der Waals surface area contributed by atoms with Crippen molar-refractivity contribution in [1.29, 1.82) is 0 Å². The number of likely N-dealkylation sites (tertiary alicyclic amines) is 1. The first-order chi connectivity index (χ1) is 7.54. The van der Waals surface area contributed by atoms with E-state index in [-0.39, 0.29) is 0 Å². The molecule has 3 atom stereocenters. The molecule has 0 bridgehead atoms. The monoisotopic (exact) mass is 226 g/mol. The van der Waals surface area contributed by atoms with E-state index < -0.39 is 0 Å². The molecule has 0 spiro atoms. The quantitative estimate of drug-likeness (QED) is 0.751. The van der Waals surface area contributed by atoms with Gasteiger partial charge >= 0.3 is 0 Å². The molecule has 1 heterocycles. The Labute approximate surface area is 99.6 Å². The minimum Gasteiger partial charge on any atom is -0.341 e. The third-order valence-corrected chi connectivity index (χ3v) is 3.71. The summed E-state index contributed by atoms with van der Waals surface area (Å²) in [5.74, 6) is 1.02. The van der Waals surface area contributed by atoms with Crippen molar-refractivity contribution in [3.63, 3.8) is 0 Å². The molecule has 0 saturated carbocycles. The zero-order valence-corrected chi connectivity index (χ0v) is 11.1. The van der Waals surface area contributed by atoms with Gasteiger partial charge in [-0.05, 0) is 26.2 Å². The molecular weight excluding hydrogens is 200 g/mol. The normalized spacial score (nSPS) is 22.2. The number of hydrogen-bond donors (Lipinski definition) is 1. The Hall–Kier alpha value is -0.570. The van der Waals surface area contributed by atoms with E-state index in [0.29, 0.717) is 23.9 Å². The second kappa shape index (κ2) is 6.24. The molecule has 1 aliphatic rings. The molecule has 0 aromatic rings. The lowest BCUT2D eigenvalue weighted by atomic mass is 10.0. The highest BCUT2D eigenvalue weighted by Gasteiger charge is 2.22. The van der Waals surface area contributed by atoms with E-state index >= 15 is 0 Å². The summed E-state index contributed by atoms with van der Waals surface area (Å²) in [6.07, 6.45) is 2.98. The van der Waals surface area contributed by atoms with Gasteiger partial charge in [-0.2, -0.15) is 0 Å². The molecule has 94 valence electrons. The van der Waals surface area contributed by atoms with Gasteiger partial charge in [0.2, 0.25) is 5.91 Å². The zero-order chi connectivity index (χ0) is 12.1. The Morgan fingerprint density at radius 3 is 2.56 bits per heavy atom. The minimum atomic E-state index is 0.324. The second-order valence-corrected chi connectivity index (χ2v) is 5.19. The highest BCUT2D eigenvalue weighted by molar-refractivity contribution is 5.78. The average Bonchev–Trinajstić information content (AvgIpc) is 2.63. The van der Waals surface area contributed by atoms with Gasteiger partial charge in [0.05, 0.1) is 0 Å². The Kier molecular flexibility index (Phi) is 5.26. The van der Waals surface area contributed by atoms with Crippen LogP contribution < -0.4 is 5.32 Å². The van der Waals surface area contributed by atoms with Gasteiger partial charge in [-0.3, -0.25) is 4.79 Å². The molecule has 1 aliphatic heterocycles. The summed E-state index contributed by atoms with van der Waals surface area (Å²) in [5.41, 5.74) is 0.